The number of aliphatic hydroxyl groups excluding tert-OH is 1. The van der Waals surface area contributed by atoms with Crippen molar-refractivity contribution in [3.8, 4) is 11.3 Å². The molecule has 5 heterocycles. The third-order valence-electron chi connectivity index (χ3n) is 13.0. The topological polar surface area (TPSA) is 159 Å². The summed E-state index contributed by atoms with van der Waals surface area (Å²) in [6.07, 6.45) is 5.87. The Balaban J connectivity index is 1.43. The van der Waals surface area contributed by atoms with Gasteiger partial charge in [0.25, 0.3) is 0 Å². The molecule has 3 aliphatic rings. The number of ketones is 2. The fourth-order valence-electron chi connectivity index (χ4n) is 9.53. The van der Waals surface area contributed by atoms with Crippen molar-refractivity contribution in [3.05, 3.63) is 37.1 Å². The average molecular weight is 795 g/mol. The number of Topliss-reactive ketones (excluding diaryl/α,β-unsaturated/α-hetero) is 2. The molecule has 3 fully saturated rings. The number of rotatable bonds is 10. The molecular weight excluding hydrogens is 729 g/mol. The lowest BCUT2D eigenvalue weighted by Gasteiger charge is -2.45. The van der Waals surface area contributed by atoms with Gasteiger partial charge in [-0.05, 0) is 89.7 Å². The minimum atomic E-state index is -1.31. The Morgan fingerprint density at radius 1 is 1.07 bits per heavy atom. The zero-order valence-corrected chi connectivity index (χ0v) is 35.9. The molecule has 3 aliphatic heterocycles. The van der Waals surface area contributed by atoms with Crippen LogP contribution in [0.5, 0.6) is 0 Å². The van der Waals surface area contributed by atoms with Crippen LogP contribution in [0.4, 0.5) is 4.79 Å². The molecule has 1 N–H and O–H groups in total. The second-order valence-corrected chi connectivity index (χ2v) is 18.3. The van der Waals surface area contributed by atoms with E-state index in [1.54, 1.807) is 30.5 Å². The van der Waals surface area contributed by atoms with E-state index in [0.29, 0.717) is 45.1 Å². The SMILES string of the molecule is CC[C@H]1OC(=O)[C@H](C)C(=O)[C@H](C)[C@@H](OC2O[C@H](C)C[C@H](C)[C@H]2O)C(C)(C)C[C@@H](C)C(=O)C[C@H]2N(CCCC(C)(C)n3cnc(-c4cccnc4)c3)C(=O)O[C@]12CC. The molecule has 11 atom stereocenters. The van der Waals surface area contributed by atoms with Crippen molar-refractivity contribution in [2.45, 2.75) is 169 Å². The molecule has 3 saturated heterocycles. The number of imidazole rings is 1. The molecule has 5 rings (SSSR count). The number of carbonyl (C=O) groups excluding carboxylic acids is 4. The predicted molar refractivity (Wildman–Crippen MR) is 214 cm³/mol. The van der Waals surface area contributed by atoms with Crippen LogP contribution >= 0.6 is 0 Å². The highest BCUT2D eigenvalue weighted by molar-refractivity contribution is 6.00. The number of pyridine rings is 1. The summed E-state index contributed by atoms with van der Waals surface area (Å²) < 4.78 is 27.2. The van der Waals surface area contributed by atoms with Crippen LogP contribution < -0.4 is 0 Å². The lowest BCUT2D eigenvalue weighted by molar-refractivity contribution is -0.284. The zero-order valence-electron chi connectivity index (χ0n) is 35.9. The Bertz CT molecular complexity index is 1730. The lowest BCUT2D eigenvalue weighted by atomic mass is 9.70. The van der Waals surface area contributed by atoms with Crippen molar-refractivity contribution in [1.82, 2.24) is 19.4 Å². The molecular formula is C44H66N4O9. The number of carbonyl (C=O) groups is 4. The molecule has 57 heavy (non-hydrogen) atoms. The average Bonchev–Trinajstić information content (AvgIpc) is 3.77. The van der Waals surface area contributed by atoms with E-state index in [1.807, 2.05) is 66.8 Å². The quantitative estimate of drug-likeness (QED) is 0.193. The molecule has 0 aromatic carbocycles. The number of amides is 1. The van der Waals surface area contributed by atoms with E-state index in [9.17, 15) is 24.3 Å². The molecule has 2 aromatic rings. The van der Waals surface area contributed by atoms with Gasteiger partial charge in [0, 0.05) is 54.5 Å². The molecule has 13 heteroatoms. The third kappa shape index (κ3) is 9.31. The van der Waals surface area contributed by atoms with Gasteiger partial charge in [-0.25, -0.2) is 9.78 Å². The van der Waals surface area contributed by atoms with E-state index in [-0.39, 0.29) is 35.5 Å². The molecule has 0 spiro atoms. The zero-order chi connectivity index (χ0) is 42.0. The monoisotopic (exact) mass is 794 g/mol. The fraction of sp³-hybridized carbons (Fsp3) is 0.727. The first-order valence-electron chi connectivity index (χ1n) is 21.0. The van der Waals surface area contributed by atoms with E-state index in [4.69, 9.17) is 18.9 Å². The number of cyclic esters (lactones) is 1. The smallest absolute Gasteiger partial charge is 0.410 e. The first-order valence-corrected chi connectivity index (χ1v) is 21.0. The summed E-state index contributed by atoms with van der Waals surface area (Å²) in [5.74, 6) is -3.72. The van der Waals surface area contributed by atoms with Gasteiger partial charge in [-0.3, -0.25) is 19.4 Å². The maximum Gasteiger partial charge on any atom is 0.410 e. The molecule has 13 nitrogen and oxygen atoms in total. The second kappa shape index (κ2) is 17.7. The van der Waals surface area contributed by atoms with Crippen molar-refractivity contribution in [2.24, 2.45) is 29.1 Å². The largest absolute Gasteiger partial charge is 0.457 e. The van der Waals surface area contributed by atoms with Gasteiger partial charge >= 0.3 is 12.1 Å². The minimum absolute atomic E-state index is 0.000692. The molecule has 0 saturated carbocycles. The predicted octanol–water partition coefficient (Wildman–Crippen LogP) is 7.14. The van der Waals surface area contributed by atoms with Gasteiger partial charge in [0.15, 0.2) is 17.7 Å². The standard InChI is InChI=1S/C44H66N4O9/c1-12-35-44(13-2)34(48(41(53)57-44)19-15-17-43(10,11)47-24-32(46-25-47)31-16-14-18-45-23-31)21-33(49)27(4)22-42(8,9)38(29(6)37(51)30(7)39(52)55-35)56-40-36(50)26(3)20-28(5)54-40/h14,16,18,23-30,34-36,38,40,50H,12-13,15,17,19-22H2,1-11H3/t26-,27+,28+,29-,30+,34+,35+,36+,38+,40?,44-/m0/s1. The van der Waals surface area contributed by atoms with Crippen LogP contribution in [0.25, 0.3) is 11.3 Å². The van der Waals surface area contributed by atoms with Gasteiger partial charge < -0.3 is 33.5 Å². The number of nitrogens with zero attached hydrogens (tertiary/aromatic N) is 4. The van der Waals surface area contributed by atoms with Gasteiger partial charge in [0.2, 0.25) is 0 Å². The molecule has 0 aliphatic carbocycles. The maximum absolute atomic E-state index is 14.5. The van der Waals surface area contributed by atoms with Gasteiger partial charge in [-0.2, -0.15) is 0 Å². The minimum Gasteiger partial charge on any atom is -0.457 e. The Morgan fingerprint density at radius 2 is 1.79 bits per heavy atom. The van der Waals surface area contributed by atoms with Crippen LogP contribution in [0, 0.1) is 29.1 Å². The van der Waals surface area contributed by atoms with Crippen molar-refractivity contribution in [2.75, 3.05) is 6.54 Å². The number of esters is 1. The van der Waals surface area contributed by atoms with Crippen LogP contribution in [0.1, 0.15) is 121 Å². The van der Waals surface area contributed by atoms with Crippen molar-refractivity contribution >= 4 is 23.6 Å². The number of hydrogen-bond donors (Lipinski definition) is 1. The Morgan fingerprint density at radius 3 is 2.44 bits per heavy atom. The number of hydrogen-bond acceptors (Lipinski definition) is 11. The summed E-state index contributed by atoms with van der Waals surface area (Å²) in [5.41, 5.74) is -0.710. The molecule has 1 amide bonds. The van der Waals surface area contributed by atoms with Crippen LogP contribution in [0.15, 0.2) is 37.1 Å². The first-order chi connectivity index (χ1) is 26.8. The van der Waals surface area contributed by atoms with E-state index in [1.165, 1.54) is 6.92 Å². The second-order valence-electron chi connectivity index (χ2n) is 18.3. The van der Waals surface area contributed by atoms with Crippen LogP contribution in [0.3, 0.4) is 0 Å². The van der Waals surface area contributed by atoms with Gasteiger partial charge in [-0.15, -0.1) is 0 Å². The normalized spacial score (nSPS) is 34.4. The van der Waals surface area contributed by atoms with Gasteiger partial charge in [0.1, 0.15) is 23.9 Å². The summed E-state index contributed by atoms with van der Waals surface area (Å²) in [6.45, 7) is 21.2. The first kappa shape index (κ1) is 44.4. The van der Waals surface area contributed by atoms with E-state index >= 15 is 0 Å². The molecule has 1 unspecified atom stereocenters. The van der Waals surface area contributed by atoms with Crippen LogP contribution in [-0.2, 0) is 38.9 Å². The summed E-state index contributed by atoms with van der Waals surface area (Å²) in [7, 11) is 0. The van der Waals surface area contributed by atoms with Gasteiger partial charge in [0.05, 0.1) is 30.3 Å². The van der Waals surface area contributed by atoms with Crippen LogP contribution in [0.2, 0.25) is 0 Å². The number of aliphatic hydroxyl groups is 1. The molecule has 2 aromatic heterocycles. The highest BCUT2D eigenvalue weighted by atomic mass is 16.7. The Kier molecular flexibility index (Phi) is 13.8. The van der Waals surface area contributed by atoms with Gasteiger partial charge in [-0.1, -0.05) is 48.5 Å². The summed E-state index contributed by atoms with van der Waals surface area (Å²) >= 11 is 0. The summed E-state index contributed by atoms with van der Waals surface area (Å²) in [4.78, 5) is 67.1. The lowest BCUT2D eigenvalue weighted by Crippen LogP contribution is -2.56. The van der Waals surface area contributed by atoms with E-state index < -0.39 is 71.5 Å². The number of fused-ring (bicyclic) bond motifs is 1. The molecule has 0 radical (unpaired) electrons. The van der Waals surface area contributed by atoms with Crippen molar-refractivity contribution in [1.29, 1.82) is 0 Å². The highest BCUT2D eigenvalue weighted by Gasteiger charge is 2.59. The molecule has 316 valence electrons. The summed E-state index contributed by atoms with van der Waals surface area (Å²) in [5, 5.41) is 11.1. The van der Waals surface area contributed by atoms with E-state index in [0.717, 1.165) is 11.3 Å². The highest BCUT2D eigenvalue weighted by Crippen LogP contribution is 2.44. The maximum atomic E-state index is 14.5. The summed E-state index contributed by atoms with van der Waals surface area (Å²) in [6, 6.07) is 3.12. The van der Waals surface area contributed by atoms with E-state index in [2.05, 4.69) is 28.4 Å². The van der Waals surface area contributed by atoms with Crippen molar-refractivity contribution < 1.29 is 43.2 Å². The fourth-order valence-corrected chi connectivity index (χ4v) is 9.53. The Labute approximate surface area is 338 Å². The number of ether oxygens (including phenoxy) is 4. The third-order valence-corrected chi connectivity index (χ3v) is 13.0. The number of aromatic nitrogens is 3. The van der Waals surface area contributed by atoms with Crippen LogP contribution in [-0.4, -0.2) is 97.1 Å². The van der Waals surface area contributed by atoms with Crippen molar-refractivity contribution in [3.63, 3.8) is 0 Å². The molecule has 0 bridgehead atoms. The Hall–Kier alpha value is -3.68.